The van der Waals surface area contributed by atoms with E-state index in [-0.39, 0.29) is 10.7 Å². The van der Waals surface area contributed by atoms with Gasteiger partial charge in [0.15, 0.2) is 6.61 Å². The predicted molar refractivity (Wildman–Crippen MR) is 99.1 cm³/mol. The summed E-state index contributed by atoms with van der Waals surface area (Å²) in [6.07, 6.45) is 0. The van der Waals surface area contributed by atoms with Crippen LogP contribution >= 0.6 is 11.6 Å². The van der Waals surface area contributed by atoms with Crippen molar-refractivity contribution in [1.82, 2.24) is 10.2 Å². The van der Waals surface area contributed by atoms with E-state index in [1.54, 1.807) is 6.07 Å². The molecule has 134 valence electrons. The van der Waals surface area contributed by atoms with Crippen molar-refractivity contribution < 1.29 is 14.3 Å². The zero-order valence-corrected chi connectivity index (χ0v) is 14.7. The second-order valence-electron chi connectivity index (χ2n) is 5.46. The fraction of sp³-hybridized carbons (Fsp3) is 0.0526. The molecule has 1 amide bonds. The van der Waals surface area contributed by atoms with Gasteiger partial charge in [-0.15, -0.1) is 0 Å². The van der Waals surface area contributed by atoms with Crippen LogP contribution in [0.15, 0.2) is 54.6 Å². The van der Waals surface area contributed by atoms with Crippen LogP contribution in [0.5, 0.6) is 0 Å². The summed E-state index contributed by atoms with van der Waals surface area (Å²) in [4.78, 5) is 24.0. The summed E-state index contributed by atoms with van der Waals surface area (Å²) in [7, 11) is 0. The maximum atomic E-state index is 12.1. The van der Waals surface area contributed by atoms with Gasteiger partial charge >= 0.3 is 5.97 Å². The number of esters is 1. The third-order valence-electron chi connectivity index (χ3n) is 3.57. The fourth-order valence-electron chi connectivity index (χ4n) is 2.27. The van der Waals surface area contributed by atoms with Crippen LogP contribution in [0, 0.1) is 11.3 Å². The van der Waals surface area contributed by atoms with Gasteiger partial charge < -0.3 is 10.1 Å². The second kappa shape index (κ2) is 8.17. The summed E-state index contributed by atoms with van der Waals surface area (Å²) in [5, 5.41) is 18.2. The van der Waals surface area contributed by atoms with Gasteiger partial charge in [0.1, 0.15) is 11.8 Å². The van der Waals surface area contributed by atoms with E-state index in [0.29, 0.717) is 16.9 Å². The van der Waals surface area contributed by atoms with E-state index in [9.17, 15) is 9.59 Å². The standard InChI is InChI=1S/C19H13ClN4O3/c20-15-8-14(7-6-13(15)10-21)22-18(25)11-27-19(26)17-9-16(23-24-17)12-4-2-1-3-5-12/h1-9H,11H2,(H,22,25)(H,23,24). The number of H-pyrrole nitrogens is 1. The van der Waals surface area contributed by atoms with Crippen molar-refractivity contribution in [3.8, 4) is 17.3 Å². The summed E-state index contributed by atoms with van der Waals surface area (Å²) in [6, 6.07) is 17.3. The summed E-state index contributed by atoms with van der Waals surface area (Å²) in [5.41, 5.74) is 2.29. The number of anilines is 1. The van der Waals surface area contributed by atoms with Crippen LogP contribution in [0.25, 0.3) is 11.3 Å². The summed E-state index contributed by atoms with van der Waals surface area (Å²) < 4.78 is 4.98. The first-order chi connectivity index (χ1) is 13.1. The Morgan fingerprint density at radius 3 is 2.67 bits per heavy atom. The molecular weight excluding hydrogens is 368 g/mol. The van der Waals surface area contributed by atoms with Gasteiger partial charge in [0.25, 0.3) is 5.91 Å². The van der Waals surface area contributed by atoms with Crippen molar-refractivity contribution in [2.24, 2.45) is 0 Å². The number of rotatable bonds is 5. The first kappa shape index (κ1) is 18.2. The third-order valence-corrected chi connectivity index (χ3v) is 3.89. The number of halogens is 1. The molecule has 3 rings (SSSR count). The van der Waals surface area contributed by atoms with Crippen molar-refractivity contribution in [1.29, 1.82) is 5.26 Å². The van der Waals surface area contributed by atoms with Gasteiger partial charge in [-0.1, -0.05) is 41.9 Å². The smallest absolute Gasteiger partial charge is 0.356 e. The Bertz CT molecular complexity index is 1020. The molecule has 0 bridgehead atoms. The first-order valence-corrected chi connectivity index (χ1v) is 8.22. The molecule has 1 aromatic heterocycles. The van der Waals surface area contributed by atoms with Crippen LogP contribution in [0.4, 0.5) is 5.69 Å². The molecule has 0 aliphatic carbocycles. The van der Waals surface area contributed by atoms with Crippen molar-refractivity contribution in [3.63, 3.8) is 0 Å². The largest absolute Gasteiger partial charge is 0.451 e. The van der Waals surface area contributed by atoms with Gasteiger partial charge in [0.2, 0.25) is 0 Å². The van der Waals surface area contributed by atoms with Gasteiger partial charge in [-0.3, -0.25) is 9.89 Å². The highest BCUT2D eigenvalue weighted by Gasteiger charge is 2.14. The van der Waals surface area contributed by atoms with E-state index in [2.05, 4.69) is 15.5 Å². The molecule has 0 spiro atoms. The van der Waals surface area contributed by atoms with Gasteiger partial charge in [0, 0.05) is 11.3 Å². The Morgan fingerprint density at radius 2 is 1.96 bits per heavy atom. The van der Waals surface area contributed by atoms with Crippen molar-refractivity contribution >= 4 is 29.2 Å². The van der Waals surface area contributed by atoms with E-state index in [0.717, 1.165) is 5.56 Å². The molecule has 0 aliphatic heterocycles. The SMILES string of the molecule is N#Cc1ccc(NC(=O)COC(=O)c2cc(-c3ccccc3)n[nH]2)cc1Cl. The van der Waals surface area contributed by atoms with Gasteiger partial charge in [-0.2, -0.15) is 10.4 Å². The molecular formula is C19H13ClN4O3. The third kappa shape index (κ3) is 4.51. The van der Waals surface area contributed by atoms with Crippen molar-refractivity contribution in [2.45, 2.75) is 0 Å². The summed E-state index contributed by atoms with van der Waals surface area (Å²) in [5.74, 6) is -1.23. The van der Waals surface area contributed by atoms with Crippen LogP contribution in [0.2, 0.25) is 5.02 Å². The Hall–Kier alpha value is -3.63. The maximum Gasteiger partial charge on any atom is 0.356 e. The molecule has 1 heterocycles. The highest BCUT2D eigenvalue weighted by atomic mass is 35.5. The Morgan fingerprint density at radius 1 is 1.19 bits per heavy atom. The number of benzene rings is 2. The number of amides is 1. The normalized spacial score (nSPS) is 10.1. The van der Waals surface area contributed by atoms with Crippen LogP contribution in [0.3, 0.4) is 0 Å². The lowest BCUT2D eigenvalue weighted by molar-refractivity contribution is -0.119. The molecule has 0 fully saturated rings. The zero-order valence-electron chi connectivity index (χ0n) is 13.9. The monoisotopic (exact) mass is 380 g/mol. The van der Waals surface area contributed by atoms with Gasteiger partial charge in [-0.05, 0) is 24.3 Å². The number of nitriles is 1. The molecule has 2 aromatic carbocycles. The average molecular weight is 381 g/mol. The second-order valence-corrected chi connectivity index (χ2v) is 5.87. The fourth-order valence-corrected chi connectivity index (χ4v) is 2.50. The van der Waals surface area contributed by atoms with Crippen LogP contribution in [-0.4, -0.2) is 28.7 Å². The molecule has 2 N–H and O–H groups in total. The zero-order chi connectivity index (χ0) is 19.2. The minimum absolute atomic E-state index is 0.142. The highest BCUT2D eigenvalue weighted by Crippen LogP contribution is 2.20. The molecule has 0 aliphatic rings. The van der Waals surface area contributed by atoms with E-state index in [1.165, 1.54) is 18.2 Å². The lowest BCUT2D eigenvalue weighted by atomic mass is 10.1. The minimum Gasteiger partial charge on any atom is -0.451 e. The predicted octanol–water partition coefficient (Wildman–Crippen LogP) is 3.40. The molecule has 0 saturated heterocycles. The number of aromatic nitrogens is 2. The number of hydrogen-bond donors (Lipinski definition) is 2. The molecule has 3 aromatic rings. The van der Waals surface area contributed by atoms with Crippen molar-refractivity contribution in [2.75, 3.05) is 11.9 Å². The number of hydrogen-bond acceptors (Lipinski definition) is 5. The van der Waals surface area contributed by atoms with Crippen LogP contribution in [-0.2, 0) is 9.53 Å². The van der Waals surface area contributed by atoms with E-state index < -0.39 is 18.5 Å². The highest BCUT2D eigenvalue weighted by molar-refractivity contribution is 6.32. The van der Waals surface area contributed by atoms with Gasteiger partial charge in [0.05, 0.1) is 16.3 Å². The number of nitrogens with one attached hydrogen (secondary N) is 2. The van der Waals surface area contributed by atoms with E-state index >= 15 is 0 Å². The maximum absolute atomic E-state index is 12.1. The quantitative estimate of drug-likeness (QED) is 0.659. The van der Waals surface area contributed by atoms with E-state index in [1.807, 2.05) is 36.4 Å². The van der Waals surface area contributed by atoms with Crippen LogP contribution in [0.1, 0.15) is 16.1 Å². The Labute approximate surface area is 159 Å². The number of nitrogens with zero attached hydrogens (tertiary/aromatic N) is 2. The molecule has 7 nitrogen and oxygen atoms in total. The molecule has 0 radical (unpaired) electrons. The molecule has 8 heteroatoms. The molecule has 27 heavy (non-hydrogen) atoms. The van der Waals surface area contributed by atoms with Crippen molar-refractivity contribution in [3.05, 3.63) is 70.9 Å². The van der Waals surface area contributed by atoms with Gasteiger partial charge in [-0.25, -0.2) is 4.79 Å². The summed E-state index contributed by atoms with van der Waals surface area (Å²) in [6.45, 7) is -0.476. The number of carbonyl (C=O) groups is 2. The topological polar surface area (TPSA) is 108 Å². The first-order valence-electron chi connectivity index (χ1n) is 7.84. The minimum atomic E-state index is -0.697. The number of ether oxygens (including phenoxy) is 1. The lowest BCUT2D eigenvalue weighted by Gasteiger charge is -2.06. The molecule has 0 saturated carbocycles. The average Bonchev–Trinajstić information content (AvgIpc) is 3.17. The number of carbonyl (C=O) groups excluding carboxylic acids is 2. The summed E-state index contributed by atoms with van der Waals surface area (Å²) >= 11 is 5.90. The molecule has 0 atom stereocenters. The molecule has 0 unspecified atom stereocenters. The van der Waals surface area contributed by atoms with E-state index in [4.69, 9.17) is 21.6 Å². The Kier molecular flexibility index (Phi) is 5.50. The number of aromatic amines is 1. The lowest BCUT2D eigenvalue weighted by Crippen LogP contribution is -2.21. The Balaban J connectivity index is 1.56. The van der Waals surface area contributed by atoms with Crippen LogP contribution < -0.4 is 5.32 Å².